The number of aromatic amines is 1. The molecule has 0 saturated heterocycles. The monoisotopic (exact) mass is 234 g/mol. The van der Waals surface area contributed by atoms with Gasteiger partial charge in [0.05, 0.1) is 11.3 Å². The van der Waals surface area contributed by atoms with Crippen molar-refractivity contribution in [2.45, 2.75) is 31.9 Å². The predicted molar refractivity (Wildman–Crippen MR) is 51.1 cm³/mol. The standard InChI is InChI=1S/C9H9F3N2S/c10-9(11,12)7-5-3-1-2-4-6(5)13-14-8(7)15/h1-4H2,(H,14,15). The lowest BCUT2D eigenvalue weighted by molar-refractivity contribution is -0.139. The molecule has 0 radical (unpaired) electrons. The minimum atomic E-state index is -4.38. The molecule has 1 aliphatic carbocycles. The van der Waals surface area contributed by atoms with Gasteiger partial charge in [0.15, 0.2) is 0 Å². The summed E-state index contributed by atoms with van der Waals surface area (Å²) in [6.45, 7) is 0. The summed E-state index contributed by atoms with van der Waals surface area (Å²) in [5, 5.41) is 6.14. The van der Waals surface area contributed by atoms with Crippen LogP contribution in [0.15, 0.2) is 0 Å². The first-order chi connectivity index (χ1) is 7.00. The van der Waals surface area contributed by atoms with Crippen LogP contribution < -0.4 is 0 Å². The number of H-pyrrole nitrogens is 1. The van der Waals surface area contributed by atoms with E-state index in [1.54, 1.807) is 0 Å². The molecule has 0 fully saturated rings. The third-order valence-electron chi connectivity index (χ3n) is 2.54. The third-order valence-corrected chi connectivity index (χ3v) is 2.84. The van der Waals surface area contributed by atoms with E-state index in [1.807, 2.05) is 0 Å². The fourth-order valence-electron chi connectivity index (χ4n) is 1.89. The Kier molecular flexibility index (Phi) is 2.54. The molecule has 1 N–H and O–H groups in total. The van der Waals surface area contributed by atoms with Gasteiger partial charge in [-0.2, -0.15) is 18.3 Å². The molecule has 1 heterocycles. The lowest BCUT2D eigenvalue weighted by atomic mass is 9.93. The largest absolute Gasteiger partial charge is 0.419 e. The highest BCUT2D eigenvalue weighted by Gasteiger charge is 2.37. The van der Waals surface area contributed by atoms with E-state index >= 15 is 0 Å². The maximum absolute atomic E-state index is 12.7. The van der Waals surface area contributed by atoms with Gasteiger partial charge in [-0.05, 0) is 31.2 Å². The van der Waals surface area contributed by atoms with E-state index < -0.39 is 11.7 Å². The van der Waals surface area contributed by atoms with Crippen LogP contribution in [0.1, 0.15) is 29.7 Å². The molecule has 0 aromatic carbocycles. The Hall–Kier alpha value is -0.910. The summed E-state index contributed by atoms with van der Waals surface area (Å²) in [7, 11) is 0. The van der Waals surface area contributed by atoms with Crippen LogP contribution in [0.2, 0.25) is 0 Å². The van der Waals surface area contributed by atoms with Crippen molar-refractivity contribution in [1.29, 1.82) is 0 Å². The van der Waals surface area contributed by atoms with Crippen LogP contribution in [0.3, 0.4) is 0 Å². The SMILES string of the molecule is FC(F)(F)c1c2c(n[nH]c1=S)CCCC2. The normalized spacial score (nSPS) is 16.2. The van der Waals surface area contributed by atoms with E-state index in [9.17, 15) is 13.2 Å². The number of hydrogen-bond acceptors (Lipinski definition) is 2. The van der Waals surface area contributed by atoms with Gasteiger partial charge >= 0.3 is 6.18 Å². The molecule has 0 atom stereocenters. The van der Waals surface area contributed by atoms with Crippen molar-refractivity contribution in [1.82, 2.24) is 10.2 Å². The van der Waals surface area contributed by atoms with E-state index in [2.05, 4.69) is 22.4 Å². The minimum Gasteiger partial charge on any atom is -0.267 e. The fourth-order valence-corrected chi connectivity index (χ4v) is 2.18. The van der Waals surface area contributed by atoms with Gasteiger partial charge in [0.1, 0.15) is 4.64 Å². The third kappa shape index (κ3) is 1.90. The highest BCUT2D eigenvalue weighted by atomic mass is 32.1. The highest BCUT2D eigenvalue weighted by molar-refractivity contribution is 7.71. The number of nitrogens with one attached hydrogen (secondary N) is 1. The number of nitrogens with zero attached hydrogens (tertiary/aromatic N) is 1. The van der Waals surface area contributed by atoms with Crippen LogP contribution >= 0.6 is 12.2 Å². The van der Waals surface area contributed by atoms with Crippen LogP contribution in [0.4, 0.5) is 13.2 Å². The molecule has 0 unspecified atom stereocenters. The number of fused-ring (bicyclic) bond motifs is 1. The number of hydrogen-bond donors (Lipinski definition) is 1. The Bertz CT molecular complexity index is 436. The molecule has 6 heteroatoms. The van der Waals surface area contributed by atoms with Gasteiger partial charge in [-0.3, -0.25) is 5.10 Å². The molecule has 1 aromatic rings. The molecule has 0 amide bonds. The van der Waals surface area contributed by atoms with E-state index in [4.69, 9.17) is 0 Å². The first-order valence-corrected chi connectivity index (χ1v) is 5.08. The summed E-state index contributed by atoms with van der Waals surface area (Å²) < 4.78 is 37.9. The van der Waals surface area contributed by atoms with Gasteiger partial charge < -0.3 is 0 Å². The van der Waals surface area contributed by atoms with Crippen molar-refractivity contribution < 1.29 is 13.2 Å². The Labute approximate surface area is 89.5 Å². The van der Waals surface area contributed by atoms with Gasteiger partial charge in [-0.25, -0.2) is 0 Å². The van der Waals surface area contributed by atoms with Crippen molar-refractivity contribution in [2.24, 2.45) is 0 Å². The van der Waals surface area contributed by atoms with Crippen LogP contribution in [-0.2, 0) is 19.0 Å². The molecule has 2 nitrogen and oxygen atoms in total. The lowest BCUT2D eigenvalue weighted by Gasteiger charge is -2.19. The first-order valence-electron chi connectivity index (χ1n) is 4.68. The smallest absolute Gasteiger partial charge is 0.267 e. The van der Waals surface area contributed by atoms with Gasteiger partial charge in [0.2, 0.25) is 0 Å². The molecule has 15 heavy (non-hydrogen) atoms. The Morgan fingerprint density at radius 2 is 1.87 bits per heavy atom. The first kappa shape index (κ1) is 10.6. The lowest BCUT2D eigenvalue weighted by Crippen LogP contribution is -2.17. The fraction of sp³-hybridized carbons (Fsp3) is 0.556. The van der Waals surface area contributed by atoms with E-state index in [-0.39, 0.29) is 10.2 Å². The predicted octanol–water partition coefficient (Wildman–Crippen LogP) is 3.04. The second-order valence-corrected chi connectivity index (χ2v) is 3.97. The summed E-state index contributed by atoms with van der Waals surface area (Å²) in [5.41, 5.74) is 0.113. The van der Waals surface area contributed by atoms with Crippen molar-refractivity contribution in [2.75, 3.05) is 0 Å². The van der Waals surface area contributed by atoms with Crippen LogP contribution in [0.25, 0.3) is 0 Å². The Balaban J connectivity index is 2.66. The van der Waals surface area contributed by atoms with Crippen molar-refractivity contribution in [3.8, 4) is 0 Å². The van der Waals surface area contributed by atoms with Crippen LogP contribution in [-0.4, -0.2) is 10.2 Å². The Morgan fingerprint density at radius 3 is 2.53 bits per heavy atom. The molecule has 2 rings (SSSR count). The zero-order chi connectivity index (χ0) is 11.1. The average molecular weight is 234 g/mol. The molecule has 1 aromatic heterocycles. The molecule has 1 aliphatic rings. The molecule has 0 bridgehead atoms. The summed E-state index contributed by atoms with van der Waals surface area (Å²) in [6.07, 6.45) is -1.68. The van der Waals surface area contributed by atoms with Crippen molar-refractivity contribution in [3.05, 3.63) is 21.5 Å². The number of halogens is 3. The van der Waals surface area contributed by atoms with Gasteiger partial charge in [0, 0.05) is 0 Å². The van der Waals surface area contributed by atoms with E-state index in [1.165, 1.54) is 0 Å². The van der Waals surface area contributed by atoms with Gasteiger partial charge in [-0.1, -0.05) is 12.2 Å². The second kappa shape index (κ2) is 3.59. The molecule has 0 spiro atoms. The zero-order valence-electron chi connectivity index (χ0n) is 7.82. The number of alkyl halides is 3. The average Bonchev–Trinajstić information content (AvgIpc) is 2.15. The number of aromatic nitrogens is 2. The molecule has 0 saturated carbocycles. The second-order valence-electron chi connectivity index (χ2n) is 3.56. The summed E-state index contributed by atoms with van der Waals surface area (Å²) in [6, 6.07) is 0. The van der Waals surface area contributed by atoms with Gasteiger partial charge in [-0.15, -0.1) is 0 Å². The topological polar surface area (TPSA) is 28.7 Å². The minimum absolute atomic E-state index is 0.289. The van der Waals surface area contributed by atoms with Crippen molar-refractivity contribution in [3.63, 3.8) is 0 Å². The van der Waals surface area contributed by atoms with Crippen LogP contribution in [0.5, 0.6) is 0 Å². The molecular formula is C9H9F3N2S. The van der Waals surface area contributed by atoms with Gasteiger partial charge in [0.25, 0.3) is 0 Å². The maximum atomic E-state index is 12.7. The summed E-state index contributed by atoms with van der Waals surface area (Å²) >= 11 is 4.65. The molecule has 82 valence electrons. The molecular weight excluding hydrogens is 225 g/mol. The van der Waals surface area contributed by atoms with E-state index in [0.29, 0.717) is 18.5 Å². The number of aryl methyl sites for hydroxylation is 1. The maximum Gasteiger partial charge on any atom is 0.419 e. The highest BCUT2D eigenvalue weighted by Crippen LogP contribution is 2.35. The van der Waals surface area contributed by atoms with Crippen LogP contribution in [0, 0.1) is 4.64 Å². The van der Waals surface area contributed by atoms with Crippen molar-refractivity contribution >= 4 is 12.2 Å². The summed E-state index contributed by atoms with van der Waals surface area (Å²) in [4.78, 5) is 0. The molecule has 0 aliphatic heterocycles. The summed E-state index contributed by atoms with van der Waals surface area (Å²) in [5.74, 6) is 0. The Morgan fingerprint density at radius 1 is 1.20 bits per heavy atom. The zero-order valence-corrected chi connectivity index (χ0v) is 8.63. The quantitative estimate of drug-likeness (QED) is 0.699. The van der Waals surface area contributed by atoms with E-state index in [0.717, 1.165) is 12.8 Å². The number of rotatable bonds is 0.